The van der Waals surface area contributed by atoms with Gasteiger partial charge in [0.15, 0.2) is 12.2 Å². The van der Waals surface area contributed by atoms with Crippen LogP contribution in [0, 0.1) is 0 Å². The van der Waals surface area contributed by atoms with E-state index in [1.807, 2.05) is 0 Å². The Morgan fingerprint density at radius 3 is 2.78 bits per heavy atom. The number of aliphatic hydroxyl groups excluding tert-OH is 1. The molecule has 8 heteroatoms. The maximum Gasteiger partial charge on any atom is 0.335 e. The molecule has 2 unspecified atom stereocenters. The van der Waals surface area contributed by atoms with E-state index in [0.29, 0.717) is 24.4 Å². The molecule has 1 saturated carbocycles. The Kier molecular flexibility index (Phi) is 4.05. The molecular formula is C15H18N2O6. The fraction of sp³-hybridized carbons (Fsp3) is 0.533. The number of aliphatic hydroxyl groups is 2. The molecule has 1 aromatic rings. The van der Waals surface area contributed by atoms with E-state index in [1.165, 1.54) is 4.90 Å². The van der Waals surface area contributed by atoms with Crippen LogP contribution in [0.2, 0.25) is 0 Å². The van der Waals surface area contributed by atoms with Crippen molar-refractivity contribution in [2.45, 2.75) is 37.1 Å². The molecule has 0 spiro atoms. The lowest BCUT2D eigenvalue weighted by atomic mass is 9.77. The Labute approximate surface area is 132 Å². The summed E-state index contributed by atoms with van der Waals surface area (Å²) in [7, 11) is 0. The van der Waals surface area contributed by atoms with Crippen LogP contribution in [0.4, 0.5) is 5.82 Å². The molecule has 8 nitrogen and oxygen atoms in total. The maximum atomic E-state index is 12.4. The number of carbonyl (C=O) groups is 2. The molecule has 3 N–H and O–H groups in total. The number of morpholine rings is 1. The largest absolute Gasteiger partial charge is 0.479 e. The monoisotopic (exact) mass is 322 g/mol. The number of carboxylic acid groups (broad SMARTS) is 1. The van der Waals surface area contributed by atoms with Gasteiger partial charge in [-0.15, -0.1) is 0 Å². The molecule has 2 atom stereocenters. The molecular weight excluding hydrogens is 304 g/mol. The van der Waals surface area contributed by atoms with Crippen LogP contribution < -0.4 is 4.90 Å². The molecule has 1 amide bonds. The Hall–Kier alpha value is -2.03. The highest BCUT2D eigenvalue weighted by molar-refractivity contribution is 5.99. The first-order valence-electron chi connectivity index (χ1n) is 7.46. The second-order valence-corrected chi connectivity index (χ2v) is 5.83. The summed E-state index contributed by atoms with van der Waals surface area (Å²) in [5, 5.41) is 28.8. The van der Waals surface area contributed by atoms with E-state index < -0.39 is 29.7 Å². The third-order valence-corrected chi connectivity index (χ3v) is 4.33. The normalized spacial score (nSPS) is 24.9. The molecule has 2 aliphatic rings. The van der Waals surface area contributed by atoms with Gasteiger partial charge in [0.05, 0.1) is 18.8 Å². The topological polar surface area (TPSA) is 120 Å². The average Bonchev–Trinajstić information content (AvgIpc) is 2.52. The van der Waals surface area contributed by atoms with Crippen molar-refractivity contribution in [2.75, 3.05) is 18.1 Å². The highest BCUT2D eigenvalue weighted by Gasteiger charge is 2.41. The minimum Gasteiger partial charge on any atom is -0.479 e. The fourth-order valence-electron chi connectivity index (χ4n) is 2.79. The minimum atomic E-state index is -1.93. The van der Waals surface area contributed by atoms with Gasteiger partial charge in [-0.1, -0.05) is 6.07 Å². The zero-order chi connectivity index (χ0) is 16.6. The van der Waals surface area contributed by atoms with E-state index in [2.05, 4.69) is 4.98 Å². The lowest BCUT2D eigenvalue weighted by Gasteiger charge is -2.37. The number of carboxylic acids is 1. The molecule has 23 heavy (non-hydrogen) atoms. The SMILES string of the molecule is O=C(O)C(O)C1OCCN(c2cccc(C3(O)CCC3)n2)C1=O. The first kappa shape index (κ1) is 15.9. The summed E-state index contributed by atoms with van der Waals surface area (Å²) in [6, 6.07) is 5.01. The molecule has 1 aromatic heterocycles. The van der Waals surface area contributed by atoms with Gasteiger partial charge in [-0.25, -0.2) is 9.78 Å². The first-order valence-corrected chi connectivity index (χ1v) is 7.46. The van der Waals surface area contributed by atoms with Gasteiger partial charge < -0.3 is 20.1 Å². The first-order chi connectivity index (χ1) is 10.9. The molecule has 1 saturated heterocycles. The zero-order valence-corrected chi connectivity index (χ0v) is 12.4. The van der Waals surface area contributed by atoms with Gasteiger partial charge in [0, 0.05) is 0 Å². The van der Waals surface area contributed by atoms with Gasteiger partial charge in [-0.05, 0) is 31.4 Å². The van der Waals surface area contributed by atoms with E-state index >= 15 is 0 Å². The number of nitrogens with zero attached hydrogens (tertiary/aromatic N) is 2. The van der Waals surface area contributed by atoms with Crippen molar-refractivity contribution in [3.63, 3.8) is 0 Å². The van der Waals surface area contributed by atoms with Crippen LogP contribution in [0.5, 0.6) is 0 Å². The molecule has 124 valence electrons. The van der Waals surface area contributed by atoms with Gasteiger partial charge in [0.2, 0.25) is 0 Å². The molecule has 2 fully saturated rings. The van der Waals surface area contributed by atoms with E-state index in [0.717, 1.165) is 6.42 Å². The number of pyridine rings is 1. The summed E-state index contributed by atoms with van der Waals surface area (Å²) < 4.78 is 5.10. The van der Waals surface area contributed by atoms with Crippen molar-refractivity contribution in [3.8, 4) is 0 Å². The van der Waals surface area contributed by atoms with Gasteiger partial charge in [0.25, 0.3) is 5.91 Å². The summed E-state index contributed by atoms with van der Waals surface area (Å²) in [5.74, 6) is -1.86. The summed E-state index contributed by atoms with van der Waals surface area (Å²) >= 11 is 0. The van der Waals surface area contributed by atoms with E-state index in [4.69, 9.17) is 9.84 Å². The number of carbonyl (C=O) groups excluding carboxylic acids is 1. The van der Waals surface area contributed by atoms with Crippen LogP contribution in [0.3, 0.4) is 0 Å². The Morgan fingerprint density at radius 1 is 1.43 bits per heavy atom. The number of hydrogen-bond donors (Lipinski definition) is 3. The second kappa shape index (κ2) is 5.88. The zero-order valence-electron chi connectivity index (χ0n) is 12.4. The molecule has 2 heterocycles. The number of aromatic nitrogens is 1. The summed E-state index contributed by atoms with van der Waals surface area (Å²) in [6.07, 6.45) is -1.21. The van der Waals surface area contributed by atoms with Gasteiger partial charge >= 0.3 is 5.97 Å². The number of rotatable bonds is 4. The molecule has 0 aromatic carbocycles. The molecule has 0 radical (unpaired) electrons. The number of ether oxygens (including phenoxy) is 1. The number of anilines is 1. The third-order valence-electron chi connectivity index (χ3n) is 4.33. The average molecular weight is 322 g/mol. The second-order valence-electron chi connectivity index (χ2n) is 5.83. The van der Waals surface area contributed by atoms with Crippen LogP contribution >= 0.6 is 0 Å². The standard InChI is InChI=1S/C15H18N2O6/c18-11(14(20)21)12-13(19)17(7-8-23-12)10-4-1-3-9(16-10)15(22)5-2-6-15/h1,3-4,11-12,18,22H,2,5-8H2,(H,20,21). The Balaban J connectivity index is 1.85. The summed E-state index contributed by atoms with van der Waals surface area (Å²) in [4.78, 5) is 28.9. The van der Waals surface area contributed by atoms with Crippen LogP contribution in [0.1, 0.15) is 25.0 Å². The molecule has 1 aliphatic carbocycles. The van der Waals surface area contributed by atoms with Crippen molar-refractivity contribution < 1.29 is 29.6 Å². The lowest BCUT2D eigenvalue weighted by Crippen LogP contribution is -2.54. The van der Waals surface area contributed by atoms with Crippen molar-refractivity contribution in [1.29, 1.82) is 0 Å². The molecule has 3 rings (SSSR count). The predicted molar refractivity (Wildman–Crippen MR) is 77.7 cm³/mol. The highest BCUT2D eigenvalue weighted by atomic mass is 16.5. The van der Waals surface area contributed by atoms with Gasteiger partial charge in [0.1, 0.15) is 11.4 Å². The third kappa shape index (κ3) is 2.80. The van der Waals surface area contributed by atoms with Crippen molar-refractivity contribution in [1.82, 2.24) is 4.98 Å². The van der Waals surface area contributed by atoms with Gasteiger partial charge in [-0.3, -0.25) is 9.69 Å². The Morgan fingerprint density at radius 2 is 2.17 bits per heavy atom. The molecule has 1 aliphatic heterocycles. The van der Waals surface area contributed by atoms with Crippen LogP contribution in [-0.4, -0.2) is 57.5 Å². The number of aliphatic carboxylic acids is 1. The number of hydrogen-bond acceptors (Lipinski definition) is 6. The van der Waals surface area contributed by atoms with Crippen LogP contribution in [0.25, 0.3) is 0 Å². The van der Waals surface area contributed by atoms with Crippen molar-refractivity contribution in [2.24, 2.45) is 0 Å². The minimum absolute atomic E-state index is 0.0942. The van der Waals surface area contributed by atoms with Crippen LogP contribution in [-0.2, 0) is 19.9 Å². The molecule has 0 bridgehead atoms. The fourth-order valence-corrected chi connectivity index (χ4v) is 2.79. The van der Waals surface area contributed by atoms with Crippen LogP contribution in [0.15, 0.2) is 18.2 Å². The van der Waals surface area contributed by atoms with E-state index in [-0.39, 0.29) is 13.2 Å². The number of amides is 1. The van der Waals surface area contributed by atoms with Crippen molar-refractivity contribution >= 4 is 17.7 Å². The summed E-state index contributed by atoms with van der Waals surface area (Å²) in [5.41, 5.74) is -0.457. The van der Waals surface area contributed by atoms with Crippen molar-refractivity contribution in [3.05, 3.63) is 23.9 Å². The van der Waals surface area contributed by atoms with E-state index in [9.17, 15) is 19.8 Å². The quantitative estimate of drug-likeness (QED) is 0.691. The smallest absolute Gasteiger partial charge is 0.335 e. The maximum absolute atomic E-state index is 12.4. The Bertz CT molecular complexity index is 630. The van der Waals surface area contributed by atoms with E-state index in [1.54, 1.807) is 18.2 Å². The lowest BCUT2D eigenvalue weighted by molar-refractivity contribution is -0.163. The predicted octanol–water partition coefficient (Wildman–Crippen LogP) is -0.370. The van der Waals surface area contributed by atoms with Gasteiger partial charge in [-0.2, -0.15) is 0 Å². The highest BCUT2D eigenvalue weighted by Crippen LogP contribution is 2.40. The summed E-state index contributed by atoms with van der Waals surface area (Å²) in [6.45, 7) is 0.299.